The zero-order valence-corrected chi connectivity index (χ0v) is 24.9. The standard InChI is InChI=1S/C27H28Cl2F3N5O4S/c1-16(28)42(40,41)21-7-3-6-20(11-21)36(2)26(39)17-9-23(27(30,31)32)22(24(29)10-17)15-37-8-4-5-19(14-37)35-25(38)18-12-33-34-13-18/h3,6-7,9-13,16,19H,4-5,8,14-15H2,1-2H3,(H,33,34)(H,35,38)/t16?,19-/m0/s1. The minimum atomic E-state index is -4.82. The second-order valence-electron chi connectivity index (χ2n) is 9.97. The molecule has 2 aromatic carbocycles. The van der Waals surface area contributed by atoms with E-state index in [9.17, 15) is 31.2 Å². The van der Waals surface area contributed by atoms with E-state index in [4.69, 9.17) is 23.2 Å². The number of alkyl halides is 4. The van der Waals surface area contributed by atoms with Crippen molar-refractivity contribution in [3.8, 4) is 0 Å². The smallest absolute Gasteiger partial charge is 0.348 e. The fraction of sp³-hybridized carbons (Fsp3) is 0.370. The van der Waals surface area contributed by atoms with Crippen LogP contribution in [0.3, 0.4) is 0 Å². The van der Waals surface area contributed by atoms with Crippen molar-refractivity contribution in [2.75, 3.05) is 25.0 Å². The number of hydrogen-bond acceptors (Lipinski definition) is 6. The van der Waals surface area contributed by atoms with Crippen molar-refractivity contribution in [3.63, 3.8) is 0 Å². The largest absolute Gasteiger partial charge is 0.416 e. The van der Waals surface area contributed by atoms with Crippen LogP contribution in [0.2, 0.25) is 5.02 Å². The number of aromatic nitrogens is 2. The molecular weight excluding hydrogens is 618 g/mol. The predicted molar refractivity (Wildman–Crippen MR) is 152 cm³/mol. The van der Waals surface area contributed by atoms with Crippen LogP contribution in [0.1, 0.15) is 51.6 Å². The van der Waals surface area contributed by atoms with Crippen molar-refractivity contribution in [2.24, 2.45) is 0 Å². The third-order valence-corrected chi connectivity index (χ3v) is 9.80. The molecule has 1 saturated heterocycles. The van der Waals surface area contributed by atoms with Gasteiger partial charge in [0.2, 0.25) is 0 Å². The number of anilines is 1. The van der Waals surface area contributed by atoms with E-state index in [1.807, 2.05) is 0 Å². The van der Waals surface area contributed by atoms with Crippen LogP contribution in [0, 0.1) is 0 Å². The van der Waals surface area contributed by atoms with E-state index in [2.05, 4.69) is 15.5 Å². The molecule has 1 aromatic heterocycles. The minimum absolute atomic E-state index is 0.132. The Bertz CT molecular complexity index is 1570. The Morgan fingerprint density at radius 3 is 2.62 bits per heavy atom. The van der Waals surface area contributed by atoms with Gasteiger partial charge in [0, 0.05) is 48.6 Å². The van der Waals surface area contributed by atoms with Crippen LogP contribution < -0.4 is 10.2 Å². The second kappa shape index (κ2) is 12.6. The van der Waals surface area contributed by atoms with Crippen LogP contribution in [0.15, 0.2) is 53.7 Å². The molecule has 15 heteroatoms. The lowest BCUT2D eigenvalue weighted by molar-refractivity contribution is -0.138. The first kappa shape index (κ1) is 31.8. The highest BCUT2D eigenvalue weighted by atomic mass is 35.5. The summed E-state index contributed by atoms with van der Waals surface area (Å²) in [6.07, 6.45) is -0.682. The third kappa shape index (κ3) is 7.08. The summed E-state index contributed by atoms with van der Waals surface area (Å²) in [7, 11) is -2.55. The monoisotopic (exact) mass is 645 g/mol. The van der Waals surface area contributed by atoms with Crippen LogP contribution in [0.4, 0.5) is 18.9 Å². The summed E-state index contributed by atoms with van der Waals surface area (Å²) >= 11 is 12.2. The molecule has 0 saturated carbocycles. The average Bonchev–Trinajstić information content (AvgIpc) is 3.48. The number of carbonyl (C=O) groups is 2. The lowest BCUT2D eigenvalue weighted by Gasteiger charge is -2.34. The van der Waals surface area contributed by atoms with Crippen LogP contribution >= 0.6 is 23.2 Å². The Morgan fingerprint density at radius 1 is 1.24 bits per heavy atom. The summed E-state index contributed by atoms with van der Waals surface area (Å²) in [6.45, 7) is 1.95. The zero-order chi connectivity index (χ0) is 30.8. The maximum Gasteiger partial charge on any atom is 0.416 e. The van der Waals surface area contributed by atoms with Crippen molar-refractivity contribution in [1.29, 1.82) is 0 Å². The molecule has 4 rings (SSSR count). The topological polar surface area (TPSA) is 115 Å². The van der Waals surface area contributed by atoms with Crippen molar-refractivity contribution in [1.82, 2.24) is 20.4 Å². The first-order valence-corrected chi connectivity index (χ1v) is 15.2. The maximum absolute atomic E-state index is 14.3. The Morgan fingerprint density at radius 2 is 1.98 bits per heavy atom. The molecule has 2 N–H and O–H groups in total. The van der Waals surface area contributed by atoms with E-state index in [0.717, 1.165) is 11.0 Å². The van der Waals surface area contributed by atoms with E-state index in [0.29, 0.717) is 31.5 Å². The number of piperidine rings is 1. The number of H-pyrrole nitrogens is 1. The molecule has 9 nitrogen and oxygen atoms in total. The van der Waals surface area contributed by atoms with Crippen molar-refractivity contribution < 1.29 is 31.2 Å². The lowest BCUT2D eigenvalue weighted by Crippen LogP contribution is -2.47. The molecule has 1 unspecified atom stereocenters. The summed E-state index contributed by atoms with van der Waals surface area (Å²) in [4.78, 5) is 28.4. The molecule has 0 aliphatic carbocycles. The van der Waals surface area contributed by atoms with E-state index in [1.165, 1.54) is 56.7 Å². The number of nitrogens with one attached hydrogen (secondary N) is 2. The van der Waals surface area contributed by atoms with E-state index in [-0.39, 0.29) is 45.2 Å². The molecule has 2 amide bonds. The van der Waals surface area contributed by atoms with Gasteiger partial charge in [-0.3, -0.25) is 19.6 Å². The van der Waals surface area contributed by atoms with E-state index >= 15 is 0 Å². The third-order valence-electron chi connectivity index (χ3n) is 7.00. The fourth-order valence-electron chi connectivity index (χ4n) is 4.73. The second-order valence-corrected chi connectivity index (χ2v) is 13.6. The van der Waals surface area contributed by atoms with Gasteiger partial charge in [0.05, 0.1) is 22.2 Å². The lowest BCUT2D eigenvalue weighted by atomic mass is 9.99. The molecule has 1 fully saturated rings. The predicted octanol–water partition coefficient (Wildman–Crippen LogP) is 5.11. The molecular formula is C27H28Cl2F3N5O4S. The normalized spacial score (nSPS) is 17.1. The van der Waals surface area contributed by atoms with E-state index in [1.54, 1.807) is 4.90 Å². The Labute approximate surface area is 250 Å². The van der Waals surface area contributed by atoms with Crippen LogP contribution in [0.25, 0.3) is 0 Å². The molecule has 0 bridgehead atoms. The number of hydrogen-bond donors (Lipinski definition) is 2. The quantitative estimate of drug-likeness (QED) is 0.329. The number of likely N-dealkylation sites (tertiary alicyclic amines) is 1. The van der Waals surface area contributed by atoms with Gasteiger partial charge >= 0.3 is 6.18 Å². The summed E-state index contributed by atoms with van der Waals surface area (Å²) < 4.78 is 66.5. The summed E-state index contributed by atoms with van der Waals surface area (Å²) in [6, 6.07) is 7.05. The number of amides is 2. The highest BCUT2D eigenvalue weighted by Crippen LogP contribution is 2.38. The first-order chi connectivity index (χ1) is 19.7. The first-order valence-electron chi connectivity index (χ1n) is 12.9. The van der Waals surface area contributed by atoms with Crippen molar-refractivity contribution in [3.05, 3.63) is 76.1 Å². The molecule has 1 aliphatic rings. The van der Waals surface area contributed by atoms with Gasteiger partial charge < -0.3 is 10.2 Å². The van der Waals surface area contributed by atoms with Crippen LogP contribution in [-0.4, -0.2) is 66.2 Å². The number of rotatable bonds is 8. The van der Waals surface area contributed by atoms with Gasteiger partial charge in [0.25, 0.3) is 11.8 Å². The molecule has 226 valence electrons. The van der Waals surface area contributed by atoms with Gasteiger partial charge in [-0.2, -0.15) is 18.3 Å². The molecule has 3 aromatic rings. The number of aromatic amines is 1. The van der Waals surface area contributed by atoms with Crippen LogP contribution in [-0.2, 0) is 22.6 Å². The van der Waals surface area contributed by atoms with Crippen LogP contribution in [0.5, 0.6) is 0 Å². The van der Waals surface area contributed by atoms with Gasteiger partial charge in [0.1, 0.15) is 4.71 Å². The minimum Gasteiger partial charge on any atom is -0.348 e. The van der Waals surface area contributed by atoms with Crippen molar-refractivity contribution in [2.45, 2.75) is 48.1 Å². The molecule has 0 spiro atoms. The zero-order valence-electron chi connectivity index (χ0n) is 22.6. The Balaban J connectivity index is 1.57. The molecule has 0 radical (unpaired) electrons. The average molecular weight is 647 g/mol. The maximum atomic E-state index is 14.3. The highest BCUT2D eigenvalue weighted by Gasteiger charge is 2.37. The molecule has 1 aliphatic heterocycles. The number of benzene rings is 2. The number of halogens is 5. The van der Waals surface area contributed by atoms with Gasteiger partial charge in [-0.05, 0) is 62.2 Å². The number of sulfone groups is 1. The van der Waals surface area contributed by atoms with Crippen molar-refractivity contribution >= 4 is 50.5 Å². The molecule has 2 atom stereocenters. The highest BCUT2D eigenvalue weighted by molar-refractivity contribution is 7.93. The van der Waals surface area contributed by atoms with Gasteiger partial charge in [-0.15, -0.1) is 11.6 Å². The molecule has 42 heavy (non-hydrogen) atoms. The fourth-order valence-corrected chi connectivity index (χ4v) is 6.24. The summed E-state index contributed by atoms with van der Waals surface area (Å²) in [5, 5.41) is 8.94. The van der Waals surface area contributed by atoms with Gasteiger partial charge in [-0.25, -0.2) is 8.42 Å². The van der Waals surface area contributed by atoms with E-state index < -0.39 is 32.2 Å². The SMILES string of the molecule is CC(Cl)S(=O)(=O)c1cccc(N(C)C(=O)c2cc(Cl)c(CN3CCC[C@H](NC(=O)c4cn[nH]c4)C3)c(C(F)(F)F)c2)c1. The number of carbonyl (C=O) groups excluding carboxylic acids is 2. The summed E-state index contributed by atoms with van der Waals surface area (Å²) in [5.74, 6) is -1.15. The summed E-state index contributed by atoms with van der Waals surface area (Å²) in [5.41, 5.74) is -1.06. The van der Waals surface area contributed by atoms with Gasteiger partial charge in [-0.1, -0.05) is 17.7 Å². The number of nitrogens with zero attached hydrogens (tertiary/aromatic N) is 3. The van der Waals surface area contributed by atoms with Gasteiger partial charge in [0.15, 0.2) is 9.84 Å². The Hall–Kier alpha value is -3.13. The molecule has 2 heterocycles. The Kier molecular flexibility index (Phi) is 9.55.